The Labute approximate surface area is 114 Å². The van der Waals surface area contributed by atoms with Gasteiger partial charge in [-0.3, -0.25) is 10.1 Å². The van der Waals surface area contributed by atoms with E-state index in [1.54, 1.807) is 28.9 Å². The molecule has 0 saturated carbocycles. The van der Waals surface area contributed by atoms with E-state index in [4.69, 9.17) is 0 Å². The van der Waals surface area contributed by atoms with Gasteiger partial charge >= 0.3 is 0 Å². The number of aromatic nitrogens is 3. The van der Waals surface area contributed by atoms with Crippen molar-refractivity contribution in [3.05, 3.63) is 48.4 Å². The van der Waals surface area contributed by atoms with Crippen LogP contribution in [0.5, 0.6) is 0 Å². The molecule has 1 N–H and O–H groups in total. The third-order valence-electron chi connectivity index (χ3n) is 2.80. The summed E-state index contributed by atoms with van der Waals surface area (Å²) in [6, 6.07) is 9.86. The highest BCUT2D eigenvalue weighted by Crippen LogP contribution is 2.20. The normalized spacial score (nSPS) is 10.7. The van der Waals surface area contributed by atoms with Crippen molar-refractivity contribution >= 4 is 17.5 Å². The number of amides is 1. The van der Waals surface area contributed by atoms with Crippen molar-refractivity contribution in [3.8, 4) is 11.1 Å². The van der Waals surface area contributed by atoms with Crippen LogP contribution in [0.1, 0.15) is 6.92 Å². The molecule has 20 heavy (non-hydrogen) atoms. The molecule has 0 spiro atoms. The van der Waals surface area contributed by atoms with Gasteiger partial charge in [0, 0.05) is 18.7 Å². The van der Waals surface area contributed by atoms with Crippen LogP contribution in [-0.4, -0.2) is 20.5 Å². The SMILES string of the molecule is CC(=O)Nc1nc2ccc(-c3ccc(F)cc3)cn2n1. The lowest BCUT2D eigenvalue weighted by molar-refractivity contribution is -0.114. The second-order valence-corrected chi connectivity index (χ2v) is 4.34. The molecule has 0 fully saturated rings. The summed E-state index contributed by atoms with van der Waals surface area (Å²) in [5.74, 6) is -0.239. The maximum absolute atomic E-state index is 12.9. The Morgan fingerprint density at radius 3 is 2.55 bits per heavy atom. The van der Waals surface area contributed by atoms with Gasteiger partial charge in [0.1, 0.15) is 5.82 Å². The van der Waals surface area contributed by atoms with Crippen molar-refractivity contribution in [2.24, 2.45) is 0 Å². The molecule has 100 valence electrons. The van der Waals surface area contributed by atoms with E-state index in [1.807, 2.05) is 6.07 Å². The predicted octanol–water partition coefficient (Wildman–Crippen LogP) is 2.49. The number of carbonyl (C=O) groups excluding carboxylic acids is 1. The Morgan fingerprint density at radius 1 is 1.15 bits per heavy atom. The Morgan fingerprint density at radius 2 is 1.85 bits per heavy atom. The standard InChI is InChI=1S/C14H11FN4O/c1-9(20)16-14-17-13-7-4-11(8-19(13)18-14)10-2-5-12(15)6-3-10/h2-8H,1H3,(H,16,18,20). The van der Waals surface area contributed by atoms with Crippen molar-refractivity contribution in [1.82, 2.24) is 14.6 Å². The highest BCUT2D eigenvalue weighted by molar-refractivity contribution is 5.86. The summed E-state index contributed by atoms with van der Waals surface area (Å²) in [7, 11) is 0. The maximum Gasteiger partial charge on any atom is 0.249 e. The van der Waals surface area contributed by atoms with Crippen molar-refractivity contribution < 1.29 is 9.18 Å². The average Bonchev–Trinajstić information content (AvgIpc) is 2.79. The first-order valence-electron chi connectivity index (χ1n) is 6.02. The van der Waals surface area contributed by atoms with Crippen molar-refractivity contribution in [1.29, 1.82) is 0 Å². The van der Waals surface area contributed by atoms with Crippen LogP contribution in [0.25, 0.3) is 16.8 Å². The summed E-state index contributed by atoms with van der Waals surface area (Å²) in [6.07, 6.45) is 1.78. The van der Waals surface area contributed by atoms with Crippen LogP contribution >= 0.6 is 0 Å². The van der Waals surface area contributed by atoms with E-state index in [-0.39, 0.29) is 17.7 Å². The molecule has 0 aliphatic rings. The van der Waals surface area contributed by atoms with Gasteiger partial charge in [-0.2, -0.15) is 4.98 Å². The highest BCUT2D eigenvalue weighted by atomic mass is 19.1. The van der Waals surface area contributed by atoms with Gasteiger partial charge in [-0.15, -0.1) is 5.10 Å². The third kappa shape index (κ3) is 2.35. The summed E-state index contributed by atoms with van der Waals surface area (Å²) < 4.78 is 14.5. The number of fused-ring (bicyclic) bond motifs is 1. The molecular weight excluding hydrogens is 259 g/mol. The number of rotatable bonds is 2. The van der Waals surface area contributed by atoms with Crippen LogP contribution in [0, 0.1) is 5.82 Å². The lowest BCUT2D eigenvalue weighted by Gasteiger charge is -2.01. The molecule has 6 heteroatoms. The molecule has 0 radical (unpaired) electrons. The summed E-state index contributed by atoms with van der Waals surface area (Å²) in [5, 5.41) is 6.69. The molecule has 0 saturated heterocycles. The molecule has 5 nitrogen and oxygen atoms in total. The smallest absolute Gasteiger partial charge is 0.249 e. The fraction of sp³-hybridized carbons (Fsp3) is 0.0714. The minimum absolute atomic E-state index is 0.223. The van der Waals surface area contributed by atoms with E-state index in [2.05, 4.69) is 15.4 Å². The molecule has 1 amide bonds. The Bertz CT molecular complexity index is 779. The fourth-order valence-corrected chi connectivity index (χ4v) is 1.91. The number of anilines is 1. The van der Waals surface area contributed by atoms with Crippen molar-refractivity contribution in [2.75, 3.05) is 5.32 Å². The van der Waals surface area contributed by atoms with E-state index in [0.717, 1.165) is 11.1 Å². The first-order valence-corrected chi connectivity index (χ1v) is 6.02. The molecule has 2 aromatic heterocycles. The van der Waals surface area contributed by atoms with Crippen LogP contribution in [0.2, 0.25) is 0 Å². The Kier molecular flexibility index (Phi) is 2.90. The molecule has 0 unspecified atom stereocenters. The van der Waals surface area contributed by atoms with Gasteiger partial charge in [0.05, 0.1) is 0 Å². The lowest BCUT2D eigenvalue weighted by Crippen LogP contribution is -2.07. The number of carbonyl (C=O) groups is 1. The van der Waals surface area contributed by atoms with Crippen molar-refractivity contribution in [2.45, 2.75) is 6.92 Å². The van der Waals surface area contributed by atoms with Crippen LogP contribution in [-0.2, 0) is 4.79 Å². The minimum atomic E-state index is -0.275. The predicted molar refractivity (Wildman–Crippen MR) is 72.7 cm³/mol. The lowest BCUT2D eigenvalue weighted by atomic mass is 10.1. The van der Waals surface area contributed by atoms with E-state index >= 15 is 0 Å². The molecule has 0 aliphatic heterocycles. The van der Waals surface area contributed by atoms with E-state index in [1.165, 1.54) is 19.1 Å². The molecule has 3 rings (SSSR count). The zero-order chi connectivity index (χ0) is 14.1. The van der Waals surface area contributed by atoms with Crippen LogP contribution in [0.3, 0.4) is 0 Å². The molecule has 1 aromatic carbocycles. The first-order chi connectivity index (χ1) is 9.61. The quantitative estimate of drug-likeness (QED) is 0.778. The number of halogens is 1. The number of hydrogen-bond acceptors (Lipinski definition) is 3. The van der Waals surface area contributed by atoms with E-state index < -0.39 is 0 Å². The molecule has 2 heterocycles. The summed E-state index contributed by atoms with van der Waals surface area (Å²) in [4.78, 5) is 15.1. The van der Waals surface area contributed by atoms with Gasteiger partial charge < -0.3 is 0 Å². The molecular formula is C14H11FN4O. The van der Waals surface area contributed by atoms with Gasteiger partial charge in [0.25, 0.3) is 0 Å². The van der Waals surface area contributed by atoms with E-state index in [0.29, 0.717) is 5.65 Å². The maximum atomic E-state index is 12.9. The summed E-state index contributed by atoms with van der Waals surface area (Å²) in [6.45, 7) is 1.40. The molecule has 0 bridgehead atoms. The van der Waals surface area contributed by atoms with Gasteiger partial charge in [-0.1, -0.05) is 12.1 Å². The van der Waals surface area contributed by atoms with Crippen LogP contribution in [0.4, 0.5) is 10.3 Å². The Hall–Kier alpha value is -2.76. The van der Waals surface area contributed by atoms with E-state index in [9.17, 15) is 9.18 Å². The number of hydrogen-bond donors (Lipinski definition) is 1. The first kappa shape index (κ1) is 12.3. The second-order valence-electron chi connectivity index (χ2n) is 4.34. The van der Waals surface area contributed by atoms with Crippen molar-refractivity contribution in [3.63, 3.8) is 0 Å². The number of nitrogens with zero attached hydrogens (tertiary/aromatic N) is 3. The average molecular weight is 270 g/mol. The van der Waals surface area contributed by atoms with Crippen LogP contribution < -0.4 is 5.32 Å². The molecule has 3 aromatic rings. The summed E-state index contributed by atoms with van der Waals surface area (Å²) in [5.41, 5.74) is 2.39. The third-order valence-corrected chi connectivity index (χ3v) is 2.80. The zero-order valence-electron chi connectivity index (χ0n) is 10.7. The van der Waals surface area contributed by atoms with Gasteiger partial charge in [-0.05, 0) is 29.8 Å². The van der Waals surface area contributed by atoms with Gasteiger partial charge in [-0.25, -0.2) is 8.91 Å². The zero-order valence-corrected chi connectivity index (χ0v) is 10.7. The highest BCUT2D eigenvalue weighted by Gasteiger charge is 2.06. The molecule has 0 aliphatic carbocycles. The monoisotopic (exact) mass is 270 g/mol. The largest absolute Gasteiger partial charge is 0.293 e. The topological polar surface area (TPSA) is 59.3 Å². The Balaban J connectivity index is 2.01. The number of benzene rings is 1. The fourth-order valence-electron chi connectivity index (χ4n) is 1.91. The summed E-state index contributed by atoms with van der Waals surface area (Å²) >= 11 is 0. The minimum Gasteiger partial charge on any atom is -0.293 e. The second kappa shape index (κ2) is 4.73. The molecule has 0 atom stereocenters. The van der Waals surface area contributed by atoms with Crippen LogP contribution in [0.15, 0.2) is 42.6 Å². The number of pyridine rings is 1. The van der Waals surface area contributed by atoms with Gasteiger partial charge in [0.15, 0.2) is 5.65 Å². The van der Waals surface area contributed by atoms with Gasteiger partial charge in [0.2, 0.25) is 11.9 Å². The number of nitrogens with one attached hydrogen (secondary N) is 1.